The fraction of sp³-hybridized carbons (Fsp3) is 0.650. The van der Waals surface area contributed by atoms with Crippen LogP contribution >= 0.6 is 24.0 Å². The van der Waals surface area contributed by atoms with Gasteiger partial charge in [0.15, 0.2) is 5.96 Å². The van der Waals surface area contributed by atoms with Crippen molar-refractivity contribution in [2.24, 2.45) is 4.99 Å². The second kappa shape index (κ2) is 11.7. The Morgan fingerprint density at radius 2 is 1.96 bits per heavy atom. The molecule has 0 unspecified atom stereocenters. The molecular weight excluding hydrogens is 425 g/mol. The Kier molecular flexibility index (Phi) is 10.4. The van der Waals surface area contributed by atoms with E-state index in [0.29, 0.717) is 6.10 Å². The van der Waals surface area contributed by atoms with Gasteiger partial charge in [-0.15, -0.1) is 24.0 Å². The van der Waals surface area contributed by atoms with Crippen molar-refractivity contribution >= 4 is 29.9 Å². The lowest BCUT2D eigenvalue weighted by Crippen LogP contribution is -2.47. The van der Waals surface area contributed by atoms with Crippen LogP contribution in [0.25, 0.3) is 0 Å². The predicted molar refractivity (Wildman–Crippen MR) is 117 cm³/mol. The Labute approximate surface area is 170 Å². The first-order chi connectivity index (χ1) is 11.6. The topological polar surface area (TPSA) is 36.9 Å². The first-order valence-corrected chi connectivity index (χ1v) is 9.35. The van der Waals surface area contributed by atoms with Crippen molar-refractivity contribution in [3.8, 4) is 0 Å². The number of nitrogens with zero attached hydrogens (tertiary/aromatic N) is 2. The Morgan fingerprint density at radius 1 is 1.24 bits per heavy atom. The van der Waals surface area contributed by atoms with Gasteiger partial charge in [-0.1, -0.05) is 23.8 Å². The highest BCUT2D eigenvalue weighted by atomic mass is 127. The number of guanidine groups is 1. The Hall–Kier alpha value is -0.820. The van der Waals surface area contributed by atoms with Crippen molar-refractivity contribution in [2.75, 3.05) is 32.8 Å². The molecule has 1 aliphatic rings. The number of halogens is 1. The summed E-state index contributed by atoms with van der Waals surface area (Å²) in [6, 6.07) is 6.68. The highest BCUT2D eigenvalue weighted by molar-refractivity contribution is 14.0. The molecule has 1 aliphatic heterocycles. The largest absolute Gasteiger partial charge is 0.378 e. The maximum atomic E-state index is 5.75. The molecule has 1 N–H and O–H groups in total. The zero-order valence-electron chi connectivity index (χ0n) is 16.2. The first kappa shape index (κ1) is 22.2. The number of rotatable bonds is 6. The molecule has 1 heterocycles. The molecule has 2 rings (SSSR count). The van der Waals surface area contributed by atoms with Gasteiger partial charge in [-0.3, -0.25) is 4.99 Å². The minimum Gasteiger partial charge on any atom is -0.378 e. The molecule has 0 amide bonds. The molecular formula is C20H34IN3O. The standard InChI is InChI=1S/C20H33N3O.HI/c1-5-21-20(23-13-10-19(11-14-23)24-6-2)22-12-9-18-8-7-16(3)15-17(18)4;/h7-8,15,19H,5-6,9-14H2,1-4H3,(H,21,22);1H. The quantitative estimate of drug-likeness (QED) is 0.398. The highest BCUT2D eigenvalue weighted by Crippen LogP contribution is 2.14. The highest BCUT2D eigenvalue weighted by Gasteiger charge is 2.21. The number of likely N-dealkylation sites (tertiary alicyclic amines) is 1. The normalized spacial score (nSPS) is 15.8. The van der Waals surface area contributed by atoms with Gasteiger partial charge in [0.2, 0.25) is 0 Å². The Balaban J connectivity index is 0.00000312. The number of ether oxygens (including phenoxy) is 1. The summed E-state index contributed by atoms with van der Waals surface area (Å²) in [5, 5.41) is 3.44. The van der Waals surface area contributed by atoms with Crippen LogP contribution in [0.5, 0.6) is 0 Å². The summed E-state index contributed by atoms with van der Waals surface area (Å²) in [5.41, 5.74) is 4.09. The van der Waals surface area contributed by atoms with Crippen LogP contribution in [0.4, 0.5) is 0 Å². The number of nitrogens with one attached hydrogen (secondary N) is 1. The molecule has 142 valence electrons. The lowest BCUT2D eigenvalue weighted by Gasteiger charge is -2.34. The molecule has 0 aromatic heterocycles. The van der Waals surface area contributed by atoms with E-state index in [1.54, 1.807) is 0 Å². The molecule has 25 heavy (non-hydrogen) atoms. The van der Waals surface area contributed by atoms with E-state index in [2.05, 4.69) is 56.1 Å². The number of hydrogen-bond donors (Lipinski definition) is 1. The maximum Gasteiger partial charge on any atom is 0.193 e. The summed E-state index contributed by atoms with van der Waals surface area (Å²) in [7, 11) is 0. The van der Waals surface area contributed by atoms with E-state index in [9.17, 15) is 0 Å². The van der Waals surface area contributed by atoms with Crippen molar-refractivity contribution in [1.29, 1.82) is 0 Å². The van der Waals surface area contributed by atoms with Gasteiger partial charge in [-0.2, -0.15) is 0 Å². The summed E-state index contributed by atoms with van der Waals surface area (Å²) >= 11 is 0. The van der Waals surface area contributed by atoms with E-state index in [1.165, 1.54) is 16.7 Å². The van der Waals surface area contributed by atoms with E-state index in [0.717, 1.165) is 58.0 Å². The third-order valence-electron chi connectivity index (χ3n) is 4.62. The maximum absolute atomic E-state index is 5.75. The number of hydrogen-bond acceptors (Lipinski definition) is 2. The van der Waals surface area contributed by atoms with Crippen molar-refractivity contribution in [3.05, 3.63) is 34.9 Å². The Morgan fingerprint density at radius 3 is 2.56 bits per heavy atom. The van der Waals surface area contributed by atoms with Crippen LogP contribution in [0.3, 0.4) is 0 Å². The van der Waals surface area contributed by atoms with Crippen molar-refractivity contribution in [2.45, 2.75) is 53.1 Å². The van der Waals surface area contributed by atoms with Gasteiger partial charge in [0, 0.05) is 32.8 Å². The van der Waals surface area contributed by atoms with E-state index in [1.807, 2.05) is 0 Å². The summed E-state index contributed by atoms with van der Waals surface area (Å²) < 4.78 is 5.75. The molecule has 0 spiro atoms. The van der Waals surface area contributed by atoms with Crippen LogP contribution in [0, 0.1) is 13.8 Å². The molecule has 0 aliphatic carbocycles. The van der Waals surface area contributed by atoms with Gasteiger partial charge >= 0.3 is 0 Å². The van der Waals surface area contributed by atoms with Crippen LogP contribution in [-0.2, 0) is 11.2 Å². The van der Waals surface area contributed by atoms with Crippen LogP contribution in [0.15, 0.2) is 23.2 Å². The smallest absolute Gasteiger partial charge is 0.193 e. The number of aliphatic imine (C=N–C) groups is 1. The monoisotopic (exact) mass is 459 g/mol. The number of aryl methyl sites for hydroxylation is 2. The lowest BCUT2D eigenvalue weighted by molar-refractivity contribution is 0.0264. The van der Waals surface area contributed by atoms with E-state index in [4.69, 9.17) is 9.73 Å². The molecule has 1 aromatic carbocycles. The van der Waals surface area contributed by atoms with Crippen molar-refractivity contribution in [1.82, 2.24) is 10.2 Å². The third-order valence-corrected chi connectivity index (χ3v) is 4.62. The summed E-state index contributed by atoms with van der Waals surface area (Å²) in [6.07, 6.45) is 3.60. The van der Waals surface area contributed by atoms with Crippen molar-refractivity contribution in [3.63, 3.8) is 0 Å². The number of benzene rings is 1. The minimum atomic E-state index is 0. The van der Waals surface area contributed by atoms with Gasteiger partial charge in [0.1, 0.15) is 0 Å². The zero-order chi connectivity index (χ0) is 17.4. The van der Waals surface area contributed by atoms with E-state index < -0.39 is 0 Å². The fourth-order valence-corrected chi connectivity index (χ4v) is 3.30. The van der Waals surface area contributed by atoms with Gasteiger partial charge in [-0.25, -0.2) is 0 Å². The summed E-state index contributed by atoms with van der Waals surface area (Å²) in [6.45, 7) is 13.2. The number of piperidine rings is 1. The van der Waals surface area contributed by atoms with Gasteiger partial charge in [0.25, 0.3) is 0 Å². The van der Waals surface area contributed by atoms with Crippen LogP contribution in [-0.4, -0.2) is 49.7 Å². The van der Waals surface area contributed by atoms with Gasteiger partial charge in [-0.05, 0) is 58.1 Å². The molecule has 4 nitrogen and oxygen atoms in total. The van der Waals surface area contributed by atoms with Crippen LogP contribution in [0.1, 0.15) is 43.4 Å². The van der Waals surface area contributed by atoms with Crippen molar-refractivity contribution < 1.29 is 4.74 Å². The summed E-state index contributed by atoms with van der Waals surface area (Å²) in [4.78, 5) is 7.23. The minimum absolute atomic E-state index is 0. The molecule has 1 saturated heterocycles. The van der Waals surface area contributed by atoms with E-state index in [-0.39, 0.29) is 24.0 Å². The Bertz CT molecular complexity index is 540. The summed E-state index contributed by atoms with van der Waals surface area (Å²) in [5.74, 6) is 1.05. The van der Waals surface area contributed by atoms with Crippen LogP contribution < -0.4 is 5.32 Å². The lowest BCUT2D eigenvalue weighted by atomic mass is 10.0. The van der Waals surface area contributed by atoms with Gasteiger partial charge in [0.05, 0.1) is 6.10 Å². The van der Waals surface area contributed by atoms with E-state index >= 15 is 0 Å². The second-order valence-electron chi connectivity index (χ2n) is 6.56. The molecule has 0 bridgehead atoms. The average Bonchev–Trinajstić information content (AvgIpc) is 2.57. The molecule has 0 radical (unpaired) electrons. The third kappa shape index (κ3) is 7.13. The SMILES string of the molecule is CCNC(=NCCc1ccc(C)cc1C)N1CCC(OCC)CC1.I. The average molecular weight is 459 g/mol. The predicted octanol–water partition coefficient (Wildman–Crippen LogP) is 3.93. The molecule has 5 heteroatoms. The van der Waals surface area contributed by atoms with Gasteiger partial charge < -0.3 is 15.0 Å². The van der Waals surface area contributed by atoms with Crippen LogP contribution in [0.2, 0.25) is 0 Å². The first-order valence-electron chi connectivity index (χ1n) is 9.35. The fourth-order valence-electron chi connectivity index (χ4n) is 3.30. The molecule has 1 aromatic rings. The molecule has 0 saturated carbocycles. The zero-order valence-corrected chi connectivity index (χ0v) is 18.5. The molecule has 1 fully saturated rings. The second-order valence-corrected chi connectivity index (χ2v) is 6.56. The molecule has 0 atom stereocenters.